The molecule has 0 rings (SSSR count). The highest BCUT2D eigenvalue weighted by molar-refractivity contribution is 6.19. The third kappa shape index (κ3) is 3.96. The molecule has 0 fully saturated rings. The van der Waals surface area contributed by atoms with Gasteiger partial charge >= 0.3 is 5.97 Å². The summed E-state index contributed by atoms with van der Waals surface area (Å²) in [6, 6.07) is 0. The van der Waals surface area contributed by atoms with Gasteiger partial charge in [0.15, 0.2) is 0 Å². The Kier molecular flexibility index (Phi) is 3.58. The van der Waals surface area contributed by atoms with Crippen LogP contribution in [0.5, 0.6) is 0 Å². The second kappa shape index (κ2) is 3.65. The predicted octanol–water partition coefficient (Wildman–Crippen LogP) is 2.59. The van der Waals surface area contributed by atoms with Gasteiger partial charge in [0.05, 0.1) is 5.41 Å². The lowest BCUT2D eigenvalue weighted by Gasteiger charge is -2.26. The Morgan fingerprint density at radius 1 is 1.25 bits per heavy atom. The van der Waals surface area contributed by atoms with E-state index in [1.807, 2.05) is 20.8 Å². The zero-order chi connectivity index (χ0) is 9.99. The van der Waals surface area contributed by atoms with Crippen LogP contribution in [0.2, 0.25) is 0 Å². The Balaban J connectivity index is 4.23. The molecule has 0 saturated heterocycles. The van der Waals surface area contributed by atoms with Gasteiger partial charge in [0.2, 0.25) is 0 Å². The van der Waals surface area contributed by atoms with Crippen molar-refractivity contribution in [1.82, 2.24) is 0 Å². The van der Waals surface area contributed by atoms with Gasteiger partial charge in [-0.25, -0.2) is 0 Å². The van der Waals surface area contributed by atoms with Crippen LogP contribution in [0.15, 0.2) is 0 Å². The summed E-state index contributed by atoms with van der Waals surface area (Å²) in [6.07, 6.45) is 0. The fourth-order valence-electron chi connectivity index (χ4n) is 0.471. The van der Waals surface area contributed by atoms with E-state index in [0.717, 1.165) is 0 Å². The minimum absolute atomic E-state index is 0.245. The van der Waals surface area contributed by atoms with Gasteiger partial charge in [0, 0.05) is 5.88 Å². The van der Waals surface area contributed by atoms with E-state index < -0.39 is 11.0 Å². The van der Waals surface area contributed by atoms with Crippen LogP contribution in [-0.2, 0) is 9.53 Å². The lowest BCUT2D eigenvalue weighted by atomic mass is 9.96. The average Bonchev–Trinajstić information content (AvgIpc) is 1.84. The molecule has 12 heavy (non-hydrogen) atoms. The van der Waals surface area contributed by atoms with E-state index in [4.69, 9.17) is 16.3 Å². The molecule has 0 N–H and O–H groups in total. The van der Waals surface area contributed by atoms with Gasteiger partial charge in [-0.15, -0.1) is 11.6 Å². The number of hydrogen-bond donors (Lipinski definition) is 0. The predicted molar refractivity (Wildman–Crippen MR) is 50.3 cm³/mol. The fraction of sp³-hybridized carbons (Fsp3) is 0.889. The quantitative estimate of drug-likeness (QED) is 0.497. The van der Waals surface area contributed by atoms with Gasteiger partial charge in [-0.2, -0.15) is 0 Å². The number of carbonyl (C=O) groups is 1. The van der Waals surface area contributed by atoms with E-state index in [1.165, 1.54) is 0 Å². The molecule has 0 aromatic carbocycles. The average molecular weight is 193 g/mol. The van der Waals surface area contributed by atoms with Crippen LogP contribution in [0.1, 0.15) is 34.6 Å². The summed E-state index contributed by atoms with van der Waals surface area (Å²) in [6.45, 7) is 9.07. The zero-order valence-electron chi connectivity index (χ0n) is 8.40. The van der Waals surface area contributed by atoms with Gasteiger partial charge in [0.1, 0.15) is 5.60 Å². The largest absolute Gasteiger partial charge is 0.460 e. The minimum Gasteiger partial charge on any atom is -0.460 e. The molecule has 0 aliphatic carbocycles. The summed E-state index contributed by atoms with van der Waals surface area (Å²) in [5.74, 6) is 0.0343. The van der Waals surface area contributed by atoms with Crippen molar-refractivity contribution in [2.75, 3.05) is 5.88 Å². The molecule has 2 nitrogen and oxygen atoms in total. The van der Waals surface area contributed by atoms with E-state index >= 15 is 0 Å². The molecule has 0 unspecified atom stereocenters. The van der Waals surface area contributed by atoms with Gasteiger partial charge < -0.3 is 4.74 Å². The Bertz CT molecular complexity index is 168. The molecule has 0 aliphatic rings. The Hall–Kier alpha value is -0.240. The summed E-state index contributed by atoms with van der Waals surface area (Å²) >= 11 is 5.62. The molecule has 0 bridgehead atoms. The monoisotopic (exact) mass is 192 g/mol. The highest BCUT2D eigenvalue weighted by Crippen LogP contribution is 2.22. The van der Waals surface area contributed by atoms with Gasteiger partial charge in [-0.1, -0.05) is 0 Å². The molecule has 0 radical (unpaired) electrons. The van der Waals surface area contributed by atoms with Crippen LogP contribution in [0, 0.1) is 5.41 Å². The third-order valence-corrected chi connectivity index (χ3v) is 1.95. The maximum absolute atomic E-state index is 11.4. The highest BCUT2D eigenvalue weighted by Gasteiger charge is 2.31. The van der Waals surface area contributed by atoms with Gasteiger partial charge in [-0.3, -0.25) is 4.79 Å². The van der Waals surface area contributed by atoms with E-state index in [-0.39, 0.29) is 11.8 Å². The normalized spacial score (nSPS) is 12.8. The van der Waals surface area contributed by atoms with Crippen molar-refractivity contribution in [3.8, 4) is 0 Å². The topological polar surface area (TPSA) is 26.3 Å². The first-order valence-electron chi connectivity index (χ1n) is 3.98. The molecule has 0 spiro atoms. The second-order valence-corrected chi connectivity index (χ2v) is 4.79. The van der Waals surface area contributed by atoms with E-state index in [2.05, 4.69) is 0 Å². The number of carbonyl (C=O) groups excluding carboxylic acids is 1. The SMILES string of the molecule is CC(C)(C)OC(=O)C(C)(C)CCl. The zero-order valence-corrected chi connectivity index (χ0v) is 9.16. The van der Waals surface area contributed by atoms with Crippen LogP contribution in [0.4, 0.5) is 0 Å². The van der Waals surface area contributed by atoms with E-state index in [1.54, 1.807) is 13.8 Å². The first kappa shape index (κ1) is 11.8. The smallest absolute Gasteiger partial charge is 0.313 e. The first-order valence-corrected chi connectivity index (χ1v) is 4.52. The van der Waals surface area contributed by atoms with Crippen LogP contribution in [-0.4, -0.2) is 17.5 Å². The molecule has 0 heterocycles. The van der Waals surface area contributed by atoms with Crippen molar-refractivity contribution >= 4 is 17.6 Å². The first-order chi connectivity index (χ1) is 5.19. The van der Waals surface area contributed by atoms with Crippen molar-refractivity contribution in [3.05, 3.63) is 0 Å². The van der Waals surface area contributed by atoms with Crippen LogP contribution in [0.25, 0.3) is 0 Å². The minimum atomic E-state index is -0.588. The van der Waals surface area contributed by atoms with Gasteiger partial charge in [0.25, 0.3) is 0 Å². The number of halogens is 1. The number of alkyl halides is 1. The Labute approximate surface area is 79.2 Å². The third-order valence-electron chi connectivity index (χ3n) is 1.29. The number of rotatable bonds is 2. The molecule has 0 aromatic heterocycles. The fourth-order valence-corrected chi connectivity index (χ4v) is 0.580. The van der Waals surface area contributed by atoms with Crippen LogP contribution < -0.4 is 0 Å². The van der Waals surface area contributed by atoms with Crippen molar-refractivity contribution in [2.45, 2.75) is 40.2 Å². The molecule has 0 saturated carbocycles. The van der Waals surface area contributed by atoms with Crippen molar-refractivity contribution < 1.29 is 9.53 Å². The summed E-state index contributed by atoms with van der Waals surface area (Å²) < 4.78 is 5.17. The number of hydrogen-bond acceptors (Lipinski definition) is 2. The van der Waals surface area contributed by atoms with Crippen molar-refractivity contribution in [1.29, 1.82) is 0 Å². The Morgan fingerprint density at radius 3 is 1.92 bits per heavy atom. The summed E-state index contributed by atoms with van der Waals surface area (Å²) in [5.41, 5.74) is -1.02. The van der Waals surface area contributed by atoms with E-state index in [9.17, 15) is 4.79 Å². The lowest BCUT2D eigenvalue weighted by molar-refractivity contribution is -0.164. The molecule has 0 amide bonds. The van der Waals surface area contributed by atoms with Crippen LogP contribution in [0.3, 0.4) is 0 Å². The van der Waals surface area contributed by atoms with E-state index in [0.29, 0.717) is 0 Å². The molecule has 72 valence electrons. The standard InChI is InChI=1S/C9H17ClO2/c1-8(2,3)12-7(11)9(4,5)6-10/h6H2,1-5H3. The molecular weight excluding hydrogens is 176 g/mol. The molecular formula is C9H17ClO2. The lowest BCUT2D eigenvalue weighted by Crippen LogP contribution is -2.34. The molecule has 0 atom stereocenters. The Morgan fingerprint density at radius 2 is 1.67 bits per heavy atom. The second-order valence-electron chi connectivity index (χ2n) is 4.52. The highest BCUT2D eigenvalue weighted by atomic mass is 35.5. The van der Waals surface area contributed by atoms with Crippen molar-refractivity contribution in [3.63, 3.8) is 0 Å². The van der Waals surface area contributed by atoms with Crippen LogP contribution >= 0.6 is 11.6 Å². The summed E-state index contributed by atoms with van der Waals surface area (Å²) in [4.78, 5) is 11.4. The maximum Gasteiger partial charge on any atom is 0.313 e. The molecule has 0 aromatic rings. The number of esters is 1. The summed E-state index contributed by atoms with van der Waals surface area (Å²) in [5, 5.41) is 0. The maximum atomic E-state index is 11.4. The molecule has 0 aliphatic heterocycles. The number of ether oxygens (including phenoxy) is 1. The van der Waals surface area contributed by atoms with Gasteiger partial charge in [-0.05, 0) is 34.6 Å². The summed E-state index contributed by atoms with van der Waals surface area (Å²) in [7, 11) is 0. The molecule has 3 heteroatoms. The van der Waals surface area contributed by atoms with Crippen molar-refractivity contribution in [2.24, 2.45) is 5.41 Å².